The Morgan fingerprint density at radius 3 is 1.36 bits per heavy atom. The van der Waals surface area contributed by atoms with Gasteiger partial charge in [-0.05, 0) is 170 Å². The number of unbranched alkanes of at least 4 members (excludes halogenated alkanes) is 4. The van der Waals surface area contributed by atoms with Gasteiger partial charge in [-0.1, -0.05) is 81.6 Å². The molecule has 4 aromatic rings. The van der Waals surface area contributed by atoms with Gasteiger partial charge in [0.1, 0.15) is 35.1 Å². The Bertz CT molecular complexity index is 3260. The molecule has 0 amide bonds. The second kappa shape index (κ2) is 26.8. The number of Topliss-reactive ketones (excluding diaryl/α,β-unsaturated/α-hetero) is 1. The van der Waals surface area contributed by atoms with E-state index in [2.05, 4.69) is 12.1 Å². The van der Waals surface area contributed by atoms with Crippen LogP contribution in [0.25, 0.3) is 11.1 Å². The SMILES string of the molecule is C.CC(=O)C[C@H](CCCCCC(=N)CS(=O)(=O)c1c(C)c(C)c2c(c1C)CC(C)(C)O2)C(=O)O.Cc1c(C)c(S(=O)(=O)CC(=N)CCCCC[C@H](CC(=O)OCC2c3ccccc3-c3ccccc32)C(=O)O)c(C)c2c1OC(C)(C)C2. The van der Waals surface area contributed by atoms with Gasteiger partial charge >= 0.3 is 17.9 Å². The highest BCUT2D eigenvalue weighted by Crippen LogP contribution is 2.47. The van der Waals surface area contributed by atoms with Crippen LogP contribution < -0.4 is 9.47 Å². The lowest BCUT2D eigenvalue weighted by atomic mass is 9.94. The van der Waals surface area contributed by atoms with Crippen molar-refractivity contribution < 1.29 is 60.4 Å². The van der Waals surface area contributed by atoms with E-state index in [4.69, 9.17) is 25.0 Å². The lowest BCUT2D eigenvalue weighted by molar-refractivity contribution is -0.152. The van der Waals surface area contributed by atoms with E-state index in [0.29, 0.717) is 104 Å². The Morgan fingerprint density at radius 2 is 0.975 bits per heavy atom. The minimum Gasteiger partial charge on any atom is -0.487 e. The van der Waals surface area contributed by atoms with Crippen molar-refractivity contribution in [3.63, 3.8) is 0 Å². The molecule has 0 radical (unpaired) electrons. The van der Waals surface area contributed by atoms with Gasteiger partial charge in [-0.15, -0.1) is 0 Å². The first kappa shape index (κ1) is 65.6. The first-order chi connectivity index (χ1) is 37.4. The van der Waals surface area contributed by atoms with E-state index >= 15 is 0 Å². The molecule has 81 heavy (non-hydrogen) atoms. The van der Waals surface area contributed by atoms with E-state index in [-0.39, 0.29) is 67.1 Å². The number of ether oxygens (including phenoxy) is 3. The lowest BCUT2D eigenvalue weighted by Crippen LogP contribution is -2.25. The fourth-order valence-electron chi connectivity index (χ4n) is 11.8. The molecule has 15 nitrogen and oxygen atoms in total. The number of carbonyl (C=O) groups excluding carboxylic acids is 2. The van der Waals surface area contributed by atoms with Crippen LogP contribution in [0.1, 0.15) is 181 Å². The molecule has 0 unspecified atom stereocenters. The molecule has 1 aliphatic carbocycles. The molecule has 4 N–H and O–H groups in total. The molecule has 17 heteroatoms. The predicted molar refractivity (Wildman–Crippen MR) is 317 cm³/mol. The van der Waals surface area contributed by atoms with Crippen molar-refractivity contribution >= 4 is 54.8 Å². The molecule has 0 spiro atoms. The number of ketones is 1. The van der Waals surface area contributed by atoms with E-state index in [9.17, 15) is 46.2 Å². The molecule has 442 valence electrons. The van der Waals surface area contributed by atoms with Gasteiger partial charge in [0.15, 0.2) is 19.7 Å². The van der Waals surface area contributed by atoms with Crippen molar-refractivity contribution in [1.82, 2.24) is 0 Å². The van der Waals surface area contributed by atoms with Gasteiger partial charge in [0.05, 0.1) is 39.6 Å². The zero-order chi connectivity index (χ0) is 59.2. The molecule has 0 fully saturated rings. The molecule has 0 saturated carbocycles. The molecule has 3 aliphatic rings. The van der Waals surface area contributed by atoms with Gasteiger partial charge in [0, 0.05) is 47.7 Å². The highest BCUT2D eigenvalue weighted by Gasteiger charge is 2.39. The molecule has 4 aromatic carbocycles. The highest BCUT2D eigenvalue weighted by atomic mass is 32.2. The third-order valence-electron chi connectivity index (χ3n) is 16.0. The summed E-state index contributed by atoms with van der Waals surface area (Å²) in [5.41, 5.74) is 10.3. The van der Waals surface area contributed by atoms with Crippen molar-refractivity contribution in [2.45, 2.75) is 200 Å². The topological polar surface area (TPSA) is 252 Å². The summed E-state index contributed by atoms with van der Waals surface area (Å²) in [5.74, 6) is -3.42. The fourth-order valence-corrected chi connectivity index (χ4v) is 15.7. The number of hydrogen-bond donors (Lipinski definition) is 4. The number of rotatable bonds is 26. The normalized spacial score (nSPS) is 15.2. The molecule has 0 saturated heterocycles. The van der Waals surface area contributed by atoms with Crippen LogP contribution in [0.2, 0.25) is 0 Å². The molecule has 0 aromatic heterocycles. The summed E-state index contributed by atoms with van der Waals surface area (Å²) in [5, 5.41) is 35.6. The third-order valence-corrected chi connectivity index (χ3v) is 19.9. The smallest absolute Gasteiger partial charge is 0.307 e. The van der Waals surface area contributed by atoms with Crippen LogP contribution in [0.3, 0.4) is 0 Å². The van der Waals surface area contributed by atoms with Gasteiger partial charge in [-0.25, -0.2) is 16.8 Å². The second-order valence-corrected chi connectivity index (χ2v) is 27.5. The maximum absolute atomic E-state index is 13.5. The largest absolute Gasteiger partial charge is 0.487 e. The van der Waals surface area contributed by atoms with Crippen molar-refractivity contribution in [3.8, 4) is 22.6 Å². The number of fused-ring (bicyclic) bond motifs is 5. The Hall–Kier alpha value is -6.20. The fraction of sp³-hybridized carbons (Fsp3) is 0.531. The lowest BCUT2D eigenvalue weighted by Gasteiger charge is -2.19. The zero-order valence-corrected chi connectivity index (χ0v) is 50.2. The summed E-state index contributed by atoms with van der Waals surface area (Å²) in [4.78, 5) is 47.7. The number of hydrogen-bond acceptors (Lipinski definition) is 13. The van der Waals surface area contributed by atoms with E-state index < -0.39 is 55.0 Å². The average molecular weight is 1160 g/mol. The van der Waals surface area contributed by atoms with Crippen molar-refractivity contribution in [3.05, 3.63) is 104 Å². The number of carboxylic acid groups (broad SMARTS) is 2. The summed E-state index contributed by atoms with van der Waals surface area (Å²) < 4.78 is 71.4. The number of carbonyl (C=O) groups is 4. The Kier molecular flexibility index (Phi) is 21.7. The van der Waals surface area contributed by atoms with Crippen LogP contribution in [-0.4, -0.2) is 91.5 Å². The van der Waals surface area contributed by atoms with Crippen LogP contribution in [0.15, 0.2) is 58.3 Å². The summed E-state index contributed by atoms with van der Waals surface area (Å²) in [7, 11) is -7.42. The van der Waals surface area contributed by atoms with Crippen molar-refractivity contribution in [2.75, 3.05) is 18.1 Å². The van der Waals surface area contributed by atoms with E-state index in [1.54, 1.807) is 13.8 Å². The Morgan fingerprint density at radius 1 is 0.593 bits per heavy atom. The quantitative estimate of drug-likeness (QED) is 0.0260. The van der Waals surface area contributed by atoms with Gasteiger partial charge < -0.3 is 40.0 Å². The maximum Gasteiger partial charge on any atom is 0.307 e. The van der Waals surface area contributed by atoms with Crippen LogP contribution in [-0.2, 0) is 56.4 Å². The molecule has 2 heterocycles. The molecule has 2 atom stereocenters. The average Bonchev–Trinajstić information content (AvgIpc) is 4.01. The zero-order valence-electron chi connectivity index (χ0n) is 48.6. The highest BCUT2D eigenvalue weighted by molar-refractivity contribution is 7.92. The molecular formula is C64H86N2O13S2. The molecule has 2 aliphatic heterocycles. The summed E-state index contributed by atoms with van der Waals surface area (Å²) in [6.45, 7) is 20.5. The Labute approximate surface area is 480 Å². The Balaban J connectivity index is 0.000000313. The van der Waals surface area contributed by atoms with Crippen LogP contribution in [0, 0.1) is 64.2 Å². The number of aliphatic carboxylic acids is 2. The van der Waals surface area contributed by atoms with Crippen LogP contribution in [0.5, 0.6) is 11.5 Å². The van der Waals surface area contributed by atoms with Gasteiger partial charge in [0.25, 0.3) is 0 Å². The molecule has 7 rings (SSSR count). The summed E-state index contributed by atoms with van der Waals surface area (Å²) in [6, 6.07) is 16.1. The first-order valence-electron chi connectivity index (χ1n) is 27.9. The molecule has 0 bridgehead atoms. The number of carboxylic acids is 2. The minimum absolute atomic E-state index is 0. The maximum atomic E-state index is 13.5. The number of sulfone groups is 2. The number of benzene rings is 4. The third kappa shape index (κ3) is 15.9. The predicted octanol–water partition coefficient (Wildman–Crippen LogP) is 12.9. The minimum atomic E-state index is -3.74. The van der Waals surface area contributed by atoms with E-state index in [1.807, 2.05) is 91.8 Å². The van der Waals surface area contributed by atoms with Crippen LogP contribution >= 0.6 is 0 Å². The van der Waals surface area contributed by atoms with Crippen molar-refractivity contribution in [2.24, 2.45) is 11.8 Å². The monoisotopic (exact) mass is 1150 g/mol. The van der Waals surface area contributed by atoms with E-state index in [1.165, 1.54) is 6.92 Å². The number of nitrogens with one attached hydrogen (secondary N) is 2. The van der Waals surface area contributed by atoms with Crippen LogP contribution in [0.4, 0.5) is 0 Å². The second-order valence-electron chi connectivity index (χ2n) is 23.6. The van der Waals surface area contributed by atoms with Gasteiger partial charge in [-0.2, -0.15) is 0 Å². The van der Waals surface area contributed by atoms with Gasteiger partial charge in [0.2, 0.25) is 0 Å². The number of esters is 1. The van der Waals surface area contributed by atoms with Crippen molar-refractivity contribution in [1.29, 1.82) is 10.8 Å². The summed E-state index contributed by atoms with van der Waals surface area (Å²) in [6.07, 6.45) is 6.14. The first-order valence-corrected chi connectivity index (χ1v) is 31.2. The molecular weight excluding hydrogens is 1070 g/mol. The van der Waals surface area contributed by atoms with E-state index in [0.717, 1.165) is 61.6 Å². The van der Waals surface area contributed by atoms with Gasteiger partial charge in [-0.3, -0.25) is 14.4 Å². The standard InChI is InChI=1S/C38H45NO7S.C25H37NO6S.CH4/c1-23-24(2)36(25(3)32-20-38(4,5)46-35(23)32)47(43,44)22-27(39)14-8-6-7-13-26(37(41)42)19-34(40)45-21-33-30-17-11-9-15-28(30)29-16-10-12-18-31(29)33;1-15(27)12-19(24(28)29)10-8-7-9-11-20(26)14-33(30,31)23-17(3)16(2)22-21(18(23)4)13-25(5,6)32-22;/h9-12,15-18,26,33,39H,6-8,13-14,19-22H2,1-5H3,(H,41,42);19,26H,7-14H2,1-6H3,(H,28,29);1H4/t26-;19-;/m10./s1. The summed E-state index contributed by atoms with van der Waals surface area (Å²) >= 11 is 0.